The molecule has 0 spiro atoms. The number of nitrogens with zero attached hydrogens (tertiary/aromatic N) is 3. The van der Waals surface area contributed by atoms with E-state index >= 15 is 0 Å². The van der Waals surface area contributed by atoms with Crippen LogP contribution < -0.4 is 4.90 Å². The SMILES string of the molecule is CC(C(=O)CN1CCN(c2cccc(Cl)c2)CC1)N1C(=O)c2ccccc2C1=O. The summed E-state index contributed by atoms with van der Waals surface area (Å²) >= 11 is 6.07. The van der Waals surface area contributed by atoms with E-state index in [1.165, 1.54) is 0 Å². The number of rotatable bonds is 5. The maximum absolute atomic E-state index is 12.8. The van der Waals surface area contributed by atoms with Crippen LogP contribution in [0.25, 0.3) is 0 Å². The van der Waals surface area contributed by atoms with Crippen molar-refractivity contribution in [2.45, 2.75) is 13.0 Å². The largest absolute Gasteiger partial charge is 0.369 e. The molecule has 2 aromatic rings. The maximum Gasteiger partial charge on any atom is 0.262 e. The van der Waals surface area contributed by atoms with Gasteiger partial charge in [0.15, 0.2) is 5.78 Å². The van der Waals surface area contributed by atoms with Gasteiger partial charge in [0.05, 0.1) is 23.7 Å². The van der Waals surface area contributed by atoms with Crippen LogP contribution in [0.1, 0.15) is 27.6 Å². The maximum atomic E-state index is 12.8. The van der Waals surface area contributed by atoms with Crippen LogP contribution in [0.2, 0.25) is 5.02 Å². The van der Waals surface area contributed by atoms with Crippen LogP contribution in [0, 0.1) is 0 Å². The second kappa shape index (κ2) is 7.97. The highest BCUT2D eigenvalue weighted by Crippen LogP contribution is 2.25. The minimum absolute atomic E-state index is 0.129. The summed E-state index contributed by atoms with van der Waals surface area (Å²) in [6, 6.07) is 13.7. The van der Waals surface area contributed by atoms with Gasteiger partial charge in [-0.2, -0.15) is 0 Å². The fourth-order valence-electron chi connectivity index (χ4n) is 3.89. The molecule has 1 saturated heterocycles. The predicted octanol–water partition coefficient (Wildman–Crippen LogP) is 2.72. The van der Waals surface area contributed by atoms with Gasteiger partial charge in [-0.3, -0.25) is 24.2 Å². The predicted molar refractivity (Wildman–Crippen MR) is 112 cm³/mol. The van der Waals surface area contributed by atoms with Gasteiger partial charge < -0.3 is 4.90 Å². The standard InChI is InChI=1S/C22H22ClN3O3/c1-15(26-21(28)18-7-2-3-8-19(18)22(26)29)20(27)14-24-9-11-25(12-10-24)17-6-4-5-16(23)13-17/h2-8,13,15H,9-12,14H2,1H3. The molecule has 2 amide bonds. The third kappa shape index (κ3) is 3.78. The second-order valence-electron chi connectivity index (χ2n) is 7.41. The summed E-state index contributed by atoms with van der Waals surface area (Å²) in [4.78, 5) is 43.4. The molecule has 4 rings (SSSR count). The van der Waals surface area contributed by atoms with E-state index < -0.39 is 17.9 Å². The molecule has 2 heterocycles. The second-order valence-corrected chi connectivity index (χ2v) is 7.85. The van der Waals surface area contributed by atoms with Crippen LogP contribution in [0.4, 0.5) is 5.69 Å². The zero-order chi connectivity index (χ0) is 20.5. The van der Waals surface area contributed by atoms with Crippen molar-refractivity contribution in [3.05, 3.63) is 64.7 Å². The first kappa shape index (κ1) is 19.6. The summed E-state index contributed by atoms with van der Waals surface area (Å²) in [7, 11) is 0. The Hall–Kier alpha value is -2.70. The lowest BCUT2D eigenvalue weighted by atomic mass is 10.1. The lowest BCUT2D eigenvalue weighted by molar-refractivity contribution is -0.123. The Kier molecular flexibility index (Phi) is 5.39. The van der Waals surface area contributed by atoms with Crippen molar-refractivity contribution in [1.29, 1.82) is 0 Å². The molecule has 1 fully saturated rings. The van der Waals surface area contributed by atoms with Gasteiger partial charge in [0, 0.05) is 36.9 Å². The first-order chi connectivity index (χ1) is 14.0. The number of carbonyl (C=O) groups is 3. The van der Waals surface area contributed by atoms with Crippen LogP contribution in [0.5, 0.6) is 0 Å². The average molecular weight is 412 g/mol. The van der Waals surface area contributed by atoms with Crippen LogP contribution in [0.3, 0.4) is 0 Å². The van der Waals surface area contributed by atoms with E-state index in [2.05, 4.69) is 9.80 Å². The number of benzene rings is 2. The molecular formula is C22H22ClN3O3. The molecule has 2 aliphatic heterocycles. The number of hydrogen-bond donors (Lipinski definition) is 0. The van der Waals surface area contributed by atoms with Gasteiger partial charge >= 0.3 is 0 Å². The number of anilines is 1. The molecule has 0 radical (unpaired) electrons. The molecule has 2 aliphatic rings. The number of halogens is 1. The molecule has 0 N–H and O–H groups in total. The molecule has 0 saturated carbocycles. The third-order valence-electron chi connectivity index (χ3n) is 5.60. The normalized spacial score (nSPS) is 18.1. The molecule has 0 aromatic heterocycles. The first-order valence-electron chi connectivity index (χ1n) is 9.68. The fraction of sp³-hybridized carbons (Fsp3) is 0.318. The molecule has 1 atom stereocenters. The molecule has 2 aromatic carbocycles. The number of imide groups is 1. The monoisotopic (exact) mass is 411 g/mol. The van der Waals surface area contributed by atoms with Crippen molar-refractivity contribution < 1.29 is 14.4 Å². The number of hydrogen-bond acceptors (Lipinski definition) is 5. The number of ketones is 1. The zero-order valence-corrected chi connectivity index (χ0v) is 16.9. The molecular weight excluding hydrogens is 390 g/mol. The molecule has 0 aliphatic carbocycles. The van der Waals surface area contributed by atoms with Gasteiger partial charge in [-0.1, -0.05) is 29.8 Å². The van der Waals surface area contributed by atoms with Crippen molar-refractivity contribution in [1.82, 2.24) is 9.80 Å². The zero-order valence-electron chi connectivity index (χ0n) is 16.2. The summed E-state index contributed by atoms with van der Waals surface area (Å²) < 4.78 is 0. The number of carbonyl (C=O) groups excluding carboxylic acids is 3. The summed E-state index contributed by atoms with van der Waals surface area (Å²) in [6.07, 6.45) is 0. The molecule has 150 valence electrons. The van der Waals surface area contributed by atoms with Crippen LogP contribution in [-0.2, 0) is 4.79 Å². The lowest BCUT2D eigenvalue weighted by Crippen LogP contribution is -2.51. The van der Waals surface area contributed by atoms with Crippen LogP contribution in [0.15, 0.2) is 48.5 Å². The van der Waals surface area contributed by atoms with E-state index in [4.69, 9.17) is 11.6 Å². The third-order valence-corrected chi connectivity index (χ3v) is 5.84. The summed E-state index contributed by atoms with van der Waals surface area (Å²) in [6.45, 7) is 4.88. The minimum atomic E-state index is -0.784. The topological polar surface area (TPSA) is 60.9 Å². The smallest absolute Gasteiger partial charge is 0.262 e. The summed E-state index contributed by atoms with van der Waals surface area (Å²) in [5, 5.41) is 0.704. The number of fused-ring (bicyclic) bond motifs is 1. The minimum Gasteiger partial charge on any atom is -0.369 e. The van der Waals surface area contributed by atoms with E-state index in [0.29, 0.717) is 16.1 Å². The Morgan fingerprint density at radius 1 is 0.966 bits per heavy atom. The Bertz CT molecular complexity index is 934. The number of Topliss-reactive ketones (excluding diaryl/α,β-unsaturated/α-hetero) is 1. The summed E-state index contributed by atoms with van der Waals surface area (Å²) in [5.74, 6) is -0.912. The molecule has 7 heteroatoms. The van der Waals surface area contributed by atoms with E-state index in [1.54, 1.807) is 31.2 Å². The Balaban J connectivity index is 1.36. The molecule has 1 unspecified atom stereocenters. The van der Waals surface area contributed by atoms with Crippen molar-refractivity contribution in [3.8, 4) is 0 Å². The highest BCUT2D eigenvalue weighted by molar-refractivity contribution is 6.30. The Morgan fingerprint density at radius 3 is 2.17 bits per heavy atom. The van der Waals surface area contributed by atoms with Crippen molar-refractivity contribution >= 4 is 34.9 Å². The Labute approximate surface area is 174 Å². The first-order valence-corrected chi connectivity index (χ1v) is 10.1. The average Bonchev–Trinajstić information content (AvgIpc) is 2.98. The fourth-order valence-corrected chi connectivity index (χ4v) is 4.08. The van der Waals surface area contributed by atoms with E-state index in [-0.39, 0.29) is 12.3 Å². The van der Waals surface area contributed by atoms with Crippen molar-refractivity contribution in [2.24, 2.45) is 0 Å². The molecule has 0 bridgehead atoms. The van der Waals surface area contributed by atoms with Gasteiger partial charge in [0.1, 0.15) is 0 Å². The van der Waals surface area contributed by atoms with Gasteiger partial charge in [-0.05, 0) is 37.3 Å². The Morgan fingerprint density at radius 2 is 1.59 bits per heavy atom. The van der Waals surface area contributed by atoms with Crippen molar-refractivity contribution in [2.75, 3.05) is 37.6 Å². The highest BCUT2D eigenvalue weighted by atomic mass is 35.5. The summed E-state index contributed by atoms with van der Waals surface area (Å²) in [5.41, 5.74) is 1.81. The van der Waals surface area contributed by atoms with E-state index in [1.807, 2.05) is 24.3 Å². The molecule has 29 heavy (non-hydrogen) atoms. The lowest BCUT2D eigenvalue weighted by Gasteiger charge is -2.36. The van der Waals surface area contributed by atoms with Crippen LogP contribution >= 0.6 is 11.6 Å². The number of piperazine rings is 1. The highest BCUT2D eigenvalue weighted by Gasteiger charge is 2.40. The van der Waals surface area contributed by atoms with Gasteiger partial charge in [-0.25, -0.2) is 0 Å². The van der Waals surface area contributed by atoms with Crippen LogP contribution in [-0.4, -0.2) is 66.2 Å². The van der Waals surface area contributed by atoms with E-state index in [9.17, 15) is 14.4 Å². The van der Waals surface area contributed by atoms with E-state index in [0.717, 1.165) is 36.8 Å². The molecule has 6 nitrogen and oxygen atoms in total. The van der Waals surface area contributed by atoms with Gasteiger partial charge in [0.2, 0.25) is 0 Å². The van der Waals surface area contributed by atoms with Gasteiger partial charge in [-0.15, -0.1) is 0 Å². The van der Waals surface area contributed by atoms with Gasteiger partial charge in [0.25, 0.3) is 11.8 Å². The number of amides is 2. The quantitative estimate of drug-likeness (QED) is 0.708. The van der Waals surface area contributed by atoms with Crippen molar-refractivity contribution in [3.63, 3.8) is 0 Å².